The number of para-hydroxylation sites is 1. The fourth-order valence-electron chi connectivity index (χ4n) is 1.06. The maximum absolute atomic E-state index is 11.1. The molecule has 0 bridgehead atoms. The van der Waals surface area contributed by atoms with Crippen LogP contribution in [0, 0.1) is 10.1 Å². The van der Waals surface area contributed by atoms with Gasteiger partial charge in [-0.1, -0.05) is 18.2 Å². The van der Waals surface area contributed by atoms with Crippen molar-refractivity contribution in [1.29, 1.82) is 0 Å². The molecule has 0 fully saturated rings. The summed E-state index contributed by atoms with van der Waals surface area (Å²) >= 11 is 0. The van der Waals surface area contributed by atoms with Crippen LogP contribution in [0.2, 0.25) is 0 Å². The molecule has 1 aromatic rings. The SMILES string of the molecule is NNS(=O)(=O)Cc1ccccc1[N+](=O)[O-]. The minimum absolute atomic E-state index is 0.0976. The second-order valence-electron chi connectivity index (χ2n) is 2.76. The molecule has 0 saturated heterocycles. The van der Waals surface area contributed by atoms with E-state index in [1.165, 1.54) is 24.3 Å². The molecule has 0 amide bonds. The number of nitrogens with zero attached hydrogens (tertiary/aromatic N) is 1. The summed E-state index contributed by atoms with van der Waals surface area (Å²) in [6.07, 6.45) is 0. The predicted molar refractivity (Wildman–Crippen MR) is 53.0 cm³/mol. The first-order valence-corrected chi connectivity index (χ1v) is 5.54. The summed E-state index contributed by atoms with van der Waals surface area (Å²) in [4.78, 5) is 11.5. The van der Waals surface area contributed by atoms with Crippen LogP contribution in [0.4, 0.5) is 5.69 Å². The number of nitrogens with one attached hydrogen (secondary N) is 1. The number of sulfonamides is 1. The average Bonchev–Trinajstić information content (AvgIpc) is 2.18. The van der Waals surface area contributed by atoms with Crippen molar-refractivity contribution in [2.75, 3.05) is 0 Å². The zero-order valence-corrected chi connectivity index (χ0v) is 8.40. The Morgan fingerprint density at radius 3 is 2.53 bits per heavy atom. The van der Waals surface area contributed by atoms with Gasteiger partial charge in [-0.2, -0.15) is 4.83 Å². The second kappa shape index (κ2) is 4.34. The first-order valence-electron chi connectivity index (χ1n) is 3.88. The predicted octanol–water partition coefficient (Wildman–Crippen LogP) is -0.112. The fraction of sp³-hybridized carbons (Fsp3) is 0.143. The molecule has 0 spiro atoms. The van der Waals surface area contributed by atoms with E-state index < -0.39 is 20.7 Å². The Bertz CT molecular complexity index is 471. The number of nitro benzene ring substituents is 1. The van der Waals surface area contributed by atoms with Gasteiger partial charge in [-0.15, -0.1) is 0 Å². The number of nitrogens with two attached hydrogens (primary N) is 1. The molecule has 0 aliphatic rings. The molecule has 1 rings (SSSR count). The van der Waals surface area contributed by atoms with Crippen LogP contribution in [0.15, 0.2) is 24.3 Å². The molecule has 0 heterocycles. The van der Waals surface area contributed by atoms with E-state index in [1.54, 1.807) is 4.83 Å². The molecule has 82 valence electrons. The Morgan fingerprint density at radius 1 is 1.40 bits per heavy atom. The van der Waals surface area contributed by atoms with Crippen LogP contribution >= 0.6 is 0 Å². The Balaban J connectivity index is 3.10. The van der Waals surface area contributed by atoms with E-state index in [4.69, 9.17) is 5.84 Å². The summed E-state index contributed by atoms with van der Waals surface area (Å²) in [5.41, 5.74) is -0.142. The zero-order valence-electron chi connectivity index (χ0n) is 7.58. The molecule has 3 N–H and O–H groups in total. The first kappa shape index (κ1) is 11.6. The highest BCUT2D eigenvalue weighted by Crippen LogP contribution is 2.19. The molecule has 0 atom stereocenters. The van der Waals surface area contributed by atoms with E-state index in [0.717, 1.165) is 0 Å². The summed E-state index contributed by atoms with van der Waals surface area (Å²) in [7, 11) is -3.71. The van der Waals surface area contributed by atoms with Gasteiger partial charge in [-0.25, -0.2) is 8.42 Å². The third kappa shape index (κ3) is 2.98. The number of rotatable bonds is 4. The van der Waals surface area contributed by atoms with Crippen molar-refractivity contribution in [1.82, 2.24) is 4.83 Å². The summed E-state index contributed by atoms with van der Waals surface area (Å²) in [5, 5.41) is 10.6. The lowest BCUT2D eigenvalue weighted by Crippen LogP contribution is -2.31. The van der Waals surface area contributed by atoms with Crippen molar-refractivity contribution in [3.63, 3.8) is 0 Å². The lowest BCUT2D eigenvalue weighted by Gasteiger charge is -2.02. The molecular weight excluding hydrogens is 222 g/mol. The van der Waals surface area contributed by atoms with Crippen molar-refractivity contribution in [3.05, 3.63) is 39.9 Å². The van der Waals surface area contributed by atoms with Gasteiger partial charge >= 0.3 is 0 Å². The number of benzene rings is 1. The van der Waals surface area contributed by atoms with E-state index in [9.17, 15) is 18.5 Å². The van der Waals surface area contributed by atoms with Crippen LogP contribution < -0.4 is 10.7 Å². The van der Waals surface area contributed by atoms with E-state index >= 15 is 0 Å². The van der Waals surface area contributed by atoms with Crippen LogP contribution in [0.5, 0.6) is 0 Å². The van der Waals surface area contributed by atoms with Crippen LogP contribution in [0.1, 0.15) is 5.56 Å². The lowest BCUT2D eigenvalue weighted by atomic mass is 10.2. The molecule has 0 radical (unpaired) electrons. The van der Waals surface area contributed by atoms with Crippen LogP contribution in [-0.2, 0) is 15.8 Å². The Morgan fingerprint density at radius 2 is 2.00 bits per heavy atom. The highest BCUT2D eigenvalue weighted by atomic mass is 32.2. The third-order valence-corrected chi connectivity index (χ3v) is 2.76. The van der Waals surface area contributed by atoms with Crippen molar-refractivity contribution in [2.24, 2.45) is 5.84 Å². The smallest absolute Gasteiger partial charge is 0.258 e. The number of nitro groups is 1. The number of hydrogen-bond acceptors (Lipinski definition) is 5. The van der Waals surface area contributed by atoms with Gasteiger partial charge in [0.25, 0.3) is 5.69 Å². The van der Waals surface area contributed by atoms with Crippen molar-refractivity contribution in [3.8, 4) is 0 Å². The molecular formula is C7H9N3O4S. The molecule has 1 aromatic carbocycles. The monoisotopic (exact) mass is 231 g/mol. The summed E-state index contributed by atoms with van der Waals surface area (Å²) < 4.78 is 22.2. The van der Waals surface area contributed by atoms with E-state index in [2.05, 4.69) is 0 Å². The van der Waals surface area contributed by atoms with Crippen molar-refractivity contribution in [2.45, 2.75) is 5.75 Å². The van der Waals surface area contributed by atoms with Gasteiger partial charge in [0.1, 0.15) is 0 Å². The van der Waals surface area contributed by atoms with E-state index in [-0.39, 0.29) is 11.3 Å². The van der Waals surface area contributed by atoms with Crippen LogP contribution in [-0.4, -0.2) is 13.3 Å². The Kier molecular flexibility index (Phi) is 3.35. The minimum atomic E-state index is -3.71. The fourth-order valence-corrected chi connectivity index (χ4v) is 1.79. The highest BCUT2D eigenvalue weighted by Gasteiger charge is 2.18. The normalized spacial score (nSPS) is 11.3. The topological polar surface area (TPSA) is 115 Å². The van der Waals surface area contributed by atoms with Crippen LogP contribution in [0.3, 0.4) is 0 Å². The summed E-state index contributed by atoms with van der Waals surface area (Å²) in [5.74, 6) is 4.26. The maximum Gasteiger partial charge on any atom is 0.273 e. The maximum atomic E-state index is 11.1. The molecule has 15 heavy (non-hydrogen) atoms. The second-order valence-corrected chi connectivity index (χ2v) is 4.52. The molecule has 8 heteroatoms. The van der Waals surface area contributed by atoms with Gasteiger partial charge in [0, 0.05) is 11.6 Å². The minimum Gasteiger partial charge on any atom is -0.258 e. The summed E-state index contributed by atoms with van der Waals surface area (Å²) in [6.45, 7) is 0. The molecule has 7 nitrogen and oxygen atoms in total. The standard InChI is InChI=1S/C7H9N3O4S/c8-9-15(13,14)5-6-3-1-2-4-7(6)10(11)12/h1-4,9H,5,8H2. The van der Waals surface area contributed by atoms with E-state index in [0.29, 0.717) is 0 Å². The molecule has 0 aliphatic heterocycles. The zero-order chi connectivity index (χ0) is 11.5. The van der Waals surface area contributed by atoms with Gasteiger partial charge in [-0.3, -0.25) is 16.0 Å². The molecule has 0 unspecified atom stereocenters. The van der Waals surface area contributed by atoms with Gasteiger partial charge in [0.15, 0.2) is 0 Å². The van der Waals surface area contributed by atoms with E-state index in [1.807, 2.05) is 0 Å². The largest absolute Gasteiger partial charge is 0.273 e. The van der Waals surface area contributed by atoms with Crippen molar-refractivity contribution >= 4 is 15.7 Å². The molecule has 0 saturated carbocycles. The number of hydrogen-bond donors (Lipinski definition) is 2. The average molecular weight is 231 g/mol. The third-order valence-electron chi connectivity index (χ3n) is 1.71. The highest BCUT2D eigenvalue weighted by molar-refractivity contribution is 7.88. The quantitative estimate of drug-likeness (QED) is 0.426. The van der Waals surface area contributed by atoms with Gasteiger partial charge in [0.2, 0.25) is 10.0 Å². The van der Waals surface area contributed by atoms with Gasteiger partial charge in [0.05, 0.1) is 10.7 Å². The van der Waals surface area contributed by atoms with Crippen molar-refractivity contribution < 1.29 is 13.3 Å². The molecule has 0 aromatic heterocycles. The molecule has 0 aliphatic carbocycles. The van der Waals surface area contributed by atoms with Crippen LogP contribution in [0.25, 0.3) is 0 Å². The number of hydrazine groups is 1. The Labute approximate surface area is 86.1 Å². The Hall–Kier alpha value is -1.51. The van der Waals surface area contributed by atoms with Gasteiger partial charge in [-0.05, 0) is 0 Å². The first-order chi connectivity index (χ1) is 6.96. The lowest BCUT2D eigenvalue weighted by molar-refractivity contribution is -0.385. The van der Waals surface area contributed by atoms with Gasteiger partial charge < -0.3 is 0 Å². The summed E-state index contributed by atoms with van der Waals surface area (Å²) in [6, 6.07) is 5.59.